The summed E-state index contributed by atoms with van der Waals surface area (Å²) in [6.45, 7) is 9.42. The molecule has 54 heavy (non-hydrogen) atoms. The predicted octanol–water partition coefficient (Wildman–Crippen LogP) is 12.6. The maximum atomic E-state index is 5.46. The second kappa shape index (κ2) is 12.7. The molecule has 2 heterocycles. The van der Waals surface area contributed by atoms with Gasteiger partial charge in [-0.05, 0) is 123 Å². The van der Waals surface area contributed by atoms with Crippen molar-refractivity contribution < 1.29 is 0 Å². The highest BCUT2D eigenvalue weighted by Gasteiger charge is 2.37. The highest BCUT2D eigenvalue weighted by Crippen LogP contribution is 2.47. The number of fused-ring (bicyclic) bond motifs is 7. The summed E-state index contributed by atoms with van der Waals surface area (Å²) in [5, 5.41) is 6.22. The molecule has 4 heteroatoms. The topological polar surface area (TPSA) is 51.6 Å². The third-order valence-corrected chi connectivity index (χ3v) is 12.8. The van der Waals surface area contributed by atoms with Gasteiger partial charge in [0.2, 0.25) is 0 Å². The first-order valence-electron chi connectivity index (χ1n) is 19.6. The van der Waals surface area contributed by atoms with Gasteiger partial charge in [0.15, 0.2) is 17.5 Å². The number of hydrogen-bond donors (Lipinski definition) is 0. The number of rotatable bonds is 4. The molecule has 3 aliphatic carbocycles. The first kappa shape index (κ1) is 32.9. The second-order valence-electron chi connectivity index (χ2n) is 16.3. The smallest absolute Gasteiger partial charge is 0.164 e. The first-order valence-corrected chi connectivity index (χ1v) is 19.6. The van der Waals surface area contributed by atoms with Gasteiger partial charge < -0.3 is 0 Å². The minimum absolute atomic E-state index is 0.0581. The van der Waals surface area contributed by atoms with Crippen molar-refractivity contribution in [3.05, 3.63) is 149 Å². The fourth-order valence-corrected chi connectivity index (χ4v) is 9.38. The zero-order valence-corrected chi connectivity index (χ0v) is 31.5. The lowest BCUT2D eigenvalue weighted by atomic mass is 9.65. The van der Waals surface area contributed by atoms with Gasteiger partial charge in [0.1, 0.15) is 0 Å². The van der Waals surface area contributed by atoms with Crippen molar-refractivity contribution in [2.24, 2.45) is 11.8 Å². The van der Waals surface area contributed by atoms with Crippen LogP contribution < -0.4 is 0 Å². The van der Waals surface area contributed by atoms with E-state index < -0.39 is 0 Å². The molecule has 7 aromatic rings. The van der Waals surface area contributed by atoms with E-state index in [9.17, 15) is 0 Å². The summed E-state index contributed by atoms with van der Waals surface area (Å²) in [5.41, 5.74) is 10.9. The highest BCUT2D eigenvalue weighted by atomic mass is 15.0. The molecule has 4 atom stereocenters. The molecule has 0 bridgehead atoms. The summed E-state index contributed by atoms with van der Waals surface area (Å²) < 4.78 is 0. The van der Waals surface area contributed by atoms with Gasteiger partial charge in [0.05, 0.1) is 5.52 Å². The van der Waals surface area contributed by atoms with E-state index in [1.807, 2.05) is 0 Å². The van der Waals surface area contributed by atoms with E-state index in [1.165, 1.54) is 60.3 Å². The summed E-state index contributed by atoms with van der Waals surface area (Å²) in [7, 11) is 0. The second-order valence-corrected chi connectivity index (χ2v) is 16.3. The fourth-order valence-electron chi connectivity index (χ4n) is 9.38. The van der Waals surface area contributed by atoms with Crippen LogP contribution in [0.1, 0.15) is 86.5 Å². The number of hydrogen-bond acceptors (Lipinski definition) is 4. The van der Waals surface area contributed by atoms with Crippen LogP contribution in [-0.2, 0) is 11.8 Å². The number of aromatic nitrogens is 4. The Bertz CT molecular complexity index is 2750. The van der Waals surface area contributed by atoms with Crippen LogP contribution in [0.3, 0.4) is 0 Å². The minimum Gasteiger partial charge on any atom is -0.256 e. The molecule has 0 amide bonds. The Kier molecular flexibility index (Phi) is 7.73. The fraction of sp³-hybridized carbons (Fsp3) is 0.240. The van der Waals surface area contributed by atoms with E-state index in [1.54, 1.807) is 0 Å². The van der Waals surface area contributed by atoms with Crippen LogP contribution in [-0.4, -0.2) is 19.9 Å². The van der Waals surface area contributed by atoms with Crippen molar-refractivity contribution in [2.75, 3.05) is 0 Å². The average molecular weight is 701 g/mol. The van der Waals surface area contributed by atoms with Crippen LogP contribution in [0.5, 0.6) is 0 Å². The number of para-hydroxylation sites is 1. The molecule has 0 saturated heterocycles. The minimum atomic E-state index is -0.0581. The highest BCUT2D eigenvalue weighted by molar-refractivity contribution is 5.98. The molecule has 10 rings (SSSR count). The number of allylic oxidation sites excluding steroid dienone is 4. The van der Waals surface area contributed by atoms with Crippen molar-refractivity contribution in [3.8, 4) is 22.8 Å². The zero-order chi connectivity index (χ0) is 36.6. The van der Waals surface area contributed by atoms with E-state index >= 15 is 0 Å². The number of benzene rings is 5. The number of pyridine rings is 1. The Morgan fingerprint density at radius 3 is 2.17 bits per heavy atom. The summed E-state index contributed by atoms with van der Waals surface area (Å²) in [6.07, 6.45) is 17.5. The molecule has 4 nitrogen and oxygen atoms in total. The first-order chi connectivity index (χ1) is 26.3. The molecule has 4 unspecified atom stereocenters. The van der Waals surface area contributed by atoms with Crippen molar-refractivity contribution in [2.45, 2.75) is 64.7 Å². The lowest BCUT2D eigenvalue weighted by Gasteiger charge is -2.39. The lowest BCUT2D eigenvalue weighted by Crippen LogP contribution is -2.33. The van der Waals surface area contributed by atoms with Gasteiger partial charge in [-0.1, -0.05) is 125 Å². The van der Waals surface area contributed by atoms with Crippen molar-refractivity contribution in [3.63, 3.8) is 0 Å². The molecule has 5 aromatic carbocycles. The molecule has 2 aromatic heterocycles. The Balaban J connectivity index is 1.18. The van der Waals surface area contributed by atoms with Gasteiger partial charge in [-0.3, -0.25) is 4.98 Å². The lowest BCUT2D eigenvalue weighted by molar-refractivity contribution is 0.310. The van der Waals surface area contributed by atoms with E-state index in [4.69, 9.17) is 19.9 Å². The van der Waals surface area contributed by atoms with E-state index in [0.29, 0.717) is 17.8 Å². The Morgan fingerprint density at radius 2 is 1.35 bits per heavy atom. The van der Waals surface area contributed by atoms with E-state index in [-0.39, 0.29) is 5.41 Å². The Labute approximate surface area is 317 Å². The summed E-state index contributed by atoms with van der Waals surface area (Å²) in [5.74, 6) is 3.48. The number of nitrogens with zero attached hydrogens (tertiary/aromatic N) is 4. The molecule has 0 fully saturated rings. The standard InChI is InChI=1S/C50H44N4/c1-30-20-21-40-38-16-8-5-13-33(38)27-44(42(40)24-30)49-53-47(36-22-23-50(4,32(3)25-36)37-26-35-15-7-10-19-45(35)51-29-37)52-48(54-49)43-28-34-14-6-9-17-39(34)46-31(2)12-11-18-41(43)46/h5-11,13-22,26-32H,12,23-25H2,1-4H3. The largest absolute Gasteiger partial charge is 0.256 e. The quantitative estimate of drug-likeness (QED) is 0.183. The van der Waals surface area contributed by atoms with Crippen LogP contribution in [0.4, 0.5) is 0 Å². The molecule has 0 saturated carbocycles. The average Bonchev–Trinajstić information content (AvgIpc) is 3.20. The predicted molar refractivity (Wildman–Crippen MR) is 225 cm³/mol. The van der Waals surface area contributed by atoms with Crippen LogP contribution in [0, 0.1) is 11.8 Å². The monoisotopic (exact) mass is 700 g/mol. The maximum Gasteiger partial charge on any atom is 0.164 e. The molecular formula is C50H44N4. The van der Waals surface area contributed by atoms with E-state index in [0.717, 1.165) is 59.8 Å². The van der Waals surface area contributed by atoms with Gasteiger partial charge in [0.25, 0.3) is 0 Å². The third-order valence-electron chi connectivity index (χ3n) is 12.8. The van der Waals surface area contributed by atoms with Crippen LogP contribution in [0.2, 0.25) is 0 Å². The van der Waals surface area contributed by atoms with Crippen molar-refractivity contribution in [1.82, 2.24) is 19.9 Å². The Hall–Kier alpha value is -5.74. The molecule has 3 aliphatic rings. The SMILES string of the molecule is CC1C=Cc2c(c(-c3nc(C4=CCC(C)(c5cnc6ccccc6c5)C(C)C4)nc(-c4cc5ccccc5c5c4C=CCC5C)n3)cc3ccccc23)C1. The van der Waals surface area contributed by atoms with Crippen molar-refractivity contribution >= 4 is 50.2 Å². The van der Waals surface area contributed by atoms with Crippen LogP contribution >= 0.6 is 0 Å². The Morgan fingerprint density at radius 1 is 0.667 bits per heavy atom. The normalized spacial score (nSPS) is 22.0. The molecule has 0 radical (unpaired) electrons. The van der Waals surface area contributed by atoms with Crippen LogP contribution in [0.15, 0.2) is 115 Å². The van der Waals surface area contributed by atoms with Gasteiger partial charge >= 0.3 is 0 Å². The molecule has 0 N–H and O–H groups in total. The van der Waals surface area contributed by atoms with Gasteiger partial charge in [-0.2, -0.15) is 0 Å². The summed E-state index contributed by atoms with van der Waals surface area (Å²) in [4.78, 5) is 21.2. The van der Waals surface area contributed by atoms with Crippen molar-refractivity contribution in [1.29, 1.82) is 0 Å². The van der Waals surface area contributed by atoms with Gasteiger partial charge in [-0.15, -0.1) is 0 Å². The van der Waals surface area contributed by atoms with E-state index in [2.05, 4.69) is 155 Å². The summed E-state index contributed by atoms with van der Waals surface area (Å²) in [6, 6.07) is 32.9. The third kappa shape index (κ3) is 5.34. The zero-order valence-electron chi connectivity index (χ0n) is 31.5. The van der Waals surface area contributed by atoms with Gasteiger partial charge in [-0.25, -0.2) is 15.0 Å². The molecular weight excluding hydrogens is 657 g/mol. The van der Waals surface area contributed by atoms with Gasteiger partial charge in [0, 0.05) is 28.1 Å². The molecule has 0 aliphatic heterocycles. The molecule has 0 spiro atoms. The maximum absolute atomic E-state index is 5.46. The molecule has 264 valence electrons. The van der Waals surface area contributed by atoms with Crippen LogP contribution in [0.25, 0.3) is 72.9 Å². The summed E-state index contributed by atoms with van der Waals surface area (Å²) >= 11 is 0.